The molecule has 2 heteroatoms. The fourth-order valence-electron chi connectivity index (χ4n) is 2.35. The largest absolute Gasteiger partial charge is 0.323 e. The molecular formula is C15H24N2. The van der Waals surface area contributed by atoms with Crippen LogP contribution in [0.2, 0.25) is 0 Å². The van der Waals surface area contributed by atoms with Crippen molar-refractivity contribution in [1.82, 2.24) is 4.90 Å². The van der Waals surface area contributed by atoms with Crippen LogP contribution in [0.3, 0.4) is 0 Å². The predicted molar refractivity (Wildman–Crippen MR) is 72.8 cm³/mol. The first-order valence-corrected chi connectivity index (χ1v) is 6.49. The SMILES string of the molecule is CC(C)(C)C1CN(CC(N)c2ccccc2)C1. The van der Waals surface area contributed by atoms with Gasteiger partial charge < -0.3 is 10.6 Å². The number of nitrogens with zero attached hydrogens (tertiary/aromatic N) is 1. The van der Waals surface area contributed by atoms with Gasteiger partial charge in [0.25, 0.3) is 0 Å². The predicted octanol–water partition coefficient (Wildman–Crippen LogP) is 2.66. The summed E-state index contributed by atoms with van der Waals surface area (Å²) in [5.74, 6) is 0.825. The zero-order chi connectivity index (χ0) is 12.5. The average molecular weight is 232 g/mol. The molecule has 1 aromatic rings. The third kappa shape index (κ3) is 3.08. The Labute approximate surface area is 105 Å². The molecular weight excluding hydrogens is 208 g/mol. The molecule has 2 N–H and O–H groups in total. The average Bonchev–Trinajstić information content (AvgIpc) is 2.22. The first kappa shape index (κ1) is 12.6. The van der Waals surface area contributed by atoms with Crippen molar-refractivity contribution in [2.24, 2.45) is 17.1 Å². The summed E-state index contributed by atoms with van der Waals surface area (Å²) in [6.07, 6.45) is 0. The van der Waals surface area contributed by atoms with Crippen molar-refractivity contribution < 1.29 is 0 Å². The van der Waals surface area contributed by atoms with Gasteiger partial charge in [-0.25, -0.2) is 0 Å². The Balaban J connectivity index is 1.81. The molecule has 1 fully saturated rings. The van der Waals surface area contributed by atoms with Gasteiger partial charge in [0.2, 0.25) is 0 Å². The number of nitrogens with two attached hydrogens (primary N) is 1. The zero-order valence-electron chi connectivity index (χ0n) is 11.2. The van der Waals surface area contributed by atoms with E-state index in [1.54, 1.807) is 0 Å². The summed E-state index contributed by atoms with van der Waals surface area (Å²) in [6, 6.07) is 10.5. The van der Waals surface area contributed by atoms with Gasteiger partial charge in [-0.1, -0.05) is 51.1 Å². The molecule has 1 saturated heterocycles. The molecule has 2 nitrogen and oxygen atoms in total. The lowest BCUT2D eigenvalue weighted by molar-refractivity contribution is 0.0209. The third-order valence-electron chi connectivity index (χ3n) is 3.86. The Morgan fingerprint density at radius 3 is 2.35 bits per heavy atom. The van der Waals surface area contributed by atoms with Gasteiger partial charge in [0.05, 0.1) is 0 Å². The summed E-state index contributed by atoms with van der Waals surface area (Å²) in [5.41, 5.74) is 7.90. The standard InChI is InChI=1S/C15H24N2/c1-15(2,3)13-9-17(10-13)11-14(16)12-7-5-4-6-8-12/h4-8,13-14H,9-11,16H2,1-3H3. The molecule has 2 rings (SSSR count). The minimum Gasteiger partial charge on any atom is -0.323 e. The van der Waals surface area contributed by atoms with Gasteiger partial charge in [-0.05, 0) is 16.9 Å². The van der Waals surface area contributed by atoms with E-state index in [4.69, 9.17) is 5.73 Å². The quantitative estimate of drug-likeness (QED) is 0.868. The maximum Gasteiger partial charge on any atom is 0.0424 e. The monoisotopic (exact) mass is 232 g/mol. The van der Waals surface area contributed by atoms with Crippen molar-refractivity contribution in [3.63, 3.8) is 0 Å². The molecule has 0 spiro atoms. The van der Waals surface area contributed by atoms with Crippen LogP contribution in [0.4, 0.5) is 0 Å². The van der Waals surface area contributed by atoms with E-state index in [2.05, 4.69) is 49.9 Å². The zero-order valence-corrected chi connectivity index (χ0v) is 11.2. The molecule has 1 heterocycles. The molecule has 1 aliphatic rings. The Kier molecular flexibility index (Phi) is 3.55. The number of benzene rings is 1. The normalized spacial score (nSPS) is 20.0. The Hall–Kier alpha value is -0.860. The maximum atomic E-state index is 6.22. The van der Waals surface area contributed by atoms with Gasteiger partial charge >= 0.3 is 0 Å². The number of hydrogen-bond acceptors (Lipinski definition) is 2. The van der Waals surface area contributed by atoms with Gasteiger partial charge in [0.15, 0.2) is 0 Å². The molecule has 1 aromatic carbocycles. The lowest BCUT2D eigenvalue weighted by Crippen LogP contribution is -2.53. The van der Waals surface area contributed by atoms with E-state index < -0.39 is 0 Å². The summed E-state index contributed by atoms with van der Waals surface area (Å²) in [5, 5.41) is 0. The minimum atomic E-state index is 0.150. The summed E-state index contributed by atoms with van der Waals surface area (Å²) in [7, 11) is 0. The van der Waals surface area contributed by atoms with Crippen molar-refractivity contribution in [3.05, 3.63) is 35.9 Å². The van der Waals surface area contributed by atoms with Gasteiger partial charge in [0.1, 0.15) is 0 Å². The summed E-state index contributed by atoms with van der Waals surface area (Å²) in [4.78, 5) is 2.47. The third-order valence-corrected chi connectivity index (χ3v) is 3.86. The van der Waals surface area contributed by atoms with Crippen LogP contribution in [-0.4, -0.2) is 24.5 Å². The van der Waals surface area contributed by atoms with Crippen LogP contribution in [0.15, 0.2) is 30.3 Å². The minimum absolute atomic E-state index is 0.150. The molecule has 1 atom stereocenters. The van der Waals surface area contributed by atoms with Crippen molar-refractivity contribution in [2.45, 2.75) is 26.8 Å². The molecule has 17 heavy (non-hydrogen) atoms. The second-order valence-corrected chi connectivity index (χ2v) is 6.30. The van der Waals surface area contributed by atoms with Gasteiger partial charge in [-0.15, -0.1) is 0 Å². The summed E-state index contributed by atoms with van der Waals surface area (Å²) >= 11 is 0. The number of rotatable bonds is 3. The highest BCUT2D eigenvalue weighted by Crippen LogP contribution is 2.34. The van der Waals surface area contributed by atoms with E-state index in [-0.39, 0.29) is 6.04 Å². The van der Waals surface area contributed by atoms with E-state index in [0.29, 0.717) is 5.41 Å². The highest BCUT2D eigenvalue weighted by atomic mass is 15.2. The van der Waals surface area contributed by atoms with E-state index >= 15 is 0 Å². The number of likely N-dealkylation sites (tertiary alicyclic amines) is 1. The second-order valence-electron chi connectivity index (χ2n) is 6.30. The van der Waals surface area contributed by atoms with E-state index in [1.165, 1.54) is 18.7 Å². The number of hydrogen-bond donors (Lipinski definition) is 1. The van der Waals surface area contributed by atoms with Crippen LogP contribution in [0.5, 0.6) is 0 Å². The van der Waals surface area contributed by atoms with Crippen LogP contribution in [-0.2, 0) is 0 Å². The fraction of sp³-hybridized carbons (Fsp3) is 0.600. The lowest BCUT2D eigenvalue weighted by atomic mass is 9.76. The smallest absolute Gasteiger partial charge is 0.0424 e. The summed E-state index contributed by atoms with van der Waals surface area (Å²) in [6.45, 7) is 10.4. The molecule has 0 amide bonds. The van der Waals surface area contributed by atoms with Gasteiger partial charge in [-0.2, -0.15) is 0 Å². The summed E-state index contributed by atoms with van der Waals surface area (Å²) < 4.78 is 0. The fourth-order valence-corrected chi connectivity index (χ4v) is 2.35. The van der Waals surface area contributed by atoms with Crippen LogP contribution < -0.4 is 5.73 Å². The molecule has 0 aliphatic carbocycles. The first-order chi connectivity index (χ1) is 7.97. The van der Waals surface area contributed by atoms with Crippen LogP contribution in [0, 0.1) is 11.3 Å². The Morgan fingerprint density at radius 2 is 1.82 bits per heavy atom. The highest BCUT2D eigenvalue weighted by molar-refractivity contribution is 5.18. The second kappa shape index (κ2) is 4.79. The topological polar surface area (TPSA) is 29.3 Å². The van der Waals surface area contributed by atoms with Crippen molar-refractivity contribution in [2.75, 3.05) is 19.6 Å². The van der Waals surface area contributed by atoms with Crippen molar-refractivity contribution in [3.8, 4) is 0 Å². The lowest BCUT2D eigenvalue weighted by Gasteiger charge is -2.47. The van der Waals surface area contributed by atoms with Gasteiger partial charge in [0, 0.05) is 25.7 Å². The van der Waals surface area contributed by atoms with E-state index in [0.717, 1.165) is 12.5 Å². The highest BCUT2D eigenvalue weighted by Gasteiger charge is 2.35. The maximum absolute atomic E-state index is 6.22. The molecule has 0 saturated carbocycles. The van der Waals surface area contributed by atoms with E-state index in [9.17, 15) is 0 Å². The molecule has 0 radical (unpaired) electrons. The van der Waals surface area contributed by atoms with E-state index in [1.807, 2.05) is 6.07 Å². The van der Waals surface area contributed by atoms with Crippen LogP contribution in [0.1, 0.15) is 32.4 Å². The van der Waals surface area contributed by atoms with Crippen LogP contribution in [0.25, 0.3) is 0 Å². The Morgan fingerprint density at radius 1 is 1.24 bits per heavy atom. The molecule has 0 aromatic heterocycles. The molecule has 1 unspecified atom stereocenters. The van der Waals surface area contributed by atoms with Crippen LogP contribution >= 0.6 is 0 Å². The molecule has 1 aliphatic heterocycles. The molecule has 0 bridgehead atoms. The Bertz CT molecular complexity index is 347. The van der Waals surface area contributed by atoms with Crippen molar-refractivity contribution >= 4 is 0 Å². The van der Waals surface area contributed by atoms with Crippen molar-refractivity contribution in [1.29, 1.82) is 0 Å². The van der Waals surface area contributed by atoms with Gasteiger partial charge in [-0.3, -0.25) is 0 Å². The first-order valence-electron chi connectivity index (χ1n) is 6.49. The molecule has 94 valence electrons.